The largest absolute Gasteiger partial charge is 0.376 e. The zero-order valence-corrected chi connectivity index (χ0v) is 11.0. The first kappa shape index (κ1) is 14.6. The average Bonchev–Trinajstić information content (AvgIpc) is 2.90. The number of hydrazone groups is 1. The van der Waals surface area contributed by atoms with Gasteiger partial charge in [-0.1, -0.05) is 13.8 Å². The van der Waals surface area contributed by atoms with Crippen LogP contribution in [0, 0.1) is 0 Å². The molecule has 18 heavy (non-hydrogen) atoms. The van der Waals surface area contributed by atoms with Gasteiger partial charge in [-0.25, -0.2) is 5.43 Å². The van der Waals surface area contributed by atoms with Crippen molar-refractivity contribution in [1.29, 1.82) is 0 Å². The minimum Gasteiger partial charge on any atom is -0.376 e. The molecule has 1 fully saturated rings. The maximum Gasteiger partial charge on any atom is 0.329 e. The number of rotatable bonds is 5. The third-order valence-electron chi connectivity index (χ3n) is 2.85. The molecule has 0 radical (unpaired) electrons. The van der Waals surface area contributed by atoms with Gasteiger partial charge in [0.1, 0.15) is 0 Å². The van der Waals surface area contributed by atoms with Gasteiger partial charge >= 0.3 is 11.8 Å². The standard InChI is InChI=1S/C12H21N3O3/c1-3-9(4-2)14-15-12(17)11(16)13-8-10-6-5-7-18-10/h10H,3-8H2,1-2H3,(H,13,16)(H,15,17)/t10-/m1/s1. The smallest absolute Gasteiger partial charge is 0.329 e. The Morgan fingerprint density at radius 3 is 2.56 bits per heavy atom. The van der Waals surface area contributed by atoms with E-state index in [0.29, 0.717) is 6.54 Å². The number of amides is 2. The molecule has 6 nitrogen and oxygen atoms in total. The maximum atomic E-state index is 11.4. The molecule has 0 aromatic carbocycles. The highest BCUT2D eigenvalue weighted by atomic mass is 16.5. The molecule has 1 saturated heterocycles. The Balaban J connectivity index is 2.27. The van der Waals surface area contributed by atoms with Crippen molar-refractivity contribution in [3.63, 3.8) is 0 Å². The predicted octanol–water partition coefficient (Wildman–Crippen LogP) is 0.574. The molecule has 0 aliphatic carbocycles. The lowest BCUT2D eigenvalue weighted by molar-refractivity contribution is -0.139. The van der Waals surface area contributed by atoms with Crippen molar-refractivity contribution < 1.29 is 14.3 Å². The molecule has 1 aliphatic heterocycles. The summed E-state index contributed by atoms with van der Waals surface area (Å²) < 4.78 is 5.34. The third-order valence-corrected chi connectivity index (χ3v) is 2.85. The molecule has 0 unspecified atom stereocenters. The third kappa shape index (κ3) is 4.83. The van der Waals surface area contributed by atoms with Gasteiger partial charge in [0, 0.05) is 18.9 Å². The van der Waals surface area contributed by atoms with Gasteiger partial charge in [0.05, 0.1) is 6.10 Å². The topological polar surface area (TPSA) is 79.8 Å². The number of hydrogen-bond donors (Lipinski definition) is 2. The molecule has 1 heterocycles. The average molecular weight is 255 g/mol. The summed E-state index contributed by atoms with van der Waals surface area (Å²) in [7, 11) is 0. The zero-order valence-electron chi connectivity index (χ0n) is 11.0. The summed E-state index contributed by atoms with van der Waals surface area (Å²) in [5.74, 6) is -1.40. The highest BCUT2D eigenvalue weighted by Crippen LogP contribution is 2.10. The van der Waals surface area contributed by atoms with Gasteiger partial charge in [-0.2, -0.15) is 5.10 Å². The number of carbonyl (C=O) groups is 2. The Labute approximate surface area is 107 Å². The van der Waals surface area contributed by atoms with Crippen LogP contribution < -0.4 is 10.7 Å². The van der Waals surface area contributed by atoms with Gasteiger partial charge in [0.15, 0.2) is 0 Å². The number of ether oxygens (including phenoxy) is 1. The van der Waals surface area contributed by atoms with E-state index in [4.69, 9.17) is 4.74 Å². The Bertz CT molecular complexity index is 317. The summed E-state index contributed by atoms with van der Waals surface area (Å²) >= 11 is 0. The minimum absolute atomic E-state index is 0.0343. The fourth-order valence-electron chi connectivity index (χ4n) is 1.68. The van der Waals surface area contributed by atoms with Crippen molar-refractivity contribution in [2.24, 2.45) is 5.10 Å². The lowest BCUT2D eigenvalue weighted by Gasteiger charge is -2.09. The van der Waals surface area contributed by atoms with Crippen molar-refractivity contribution in [3.05, 3.63) is 0 Å². The van der Waals surface area contributed by atoms with Crippen molar-refractivity contribution in [2.75, 3.05) is 13.2 Å². The van der Waals surface area contributed by atoms with Crippen molar-refractivity contribution in [1.82, 2.24) is 10.7 Å². The normalized spacial score (nSPS) is 18.2. The maximum absolute atomic E-state index is 11.4. The van der Waals surface area contributed by atoms with Crippen molar-refractivity contribution in [2.45, 2.75) is 45.6 Å². The van der Waals surface area contributed by atoms with E-state index in [2.05, 4.69) is 15.8 Å². The zero-order chi connectivity index (χ0) is 13.4. The number of nitrogens with one attached hydrogen (secondary N) is 2. The second-order valence-electron chi connectivity index (χ2n) is 4.17. The van der Waals surface area contributed by atoms with E-state index < -0.39 is 11.8 Å². The molecule has 0 spiro atoms. The number of hydrogen-bond acceptors (Lipinski definition) is 4. The van der Waals surface area contributed by atoms with Gasteiger partial charge in [-0.15, -0.1) is 0 Å². The second-order valence-corrected chi connectivity index (χ2v) is 4.17. The molecule has 1 atom stereocenters. The van der Waals surface area contributed by atoms with Crippen LogP contribution in [0.15, 0.2) is 5.10 Å². The van der Waals surface area contributed by atoms with E-state index in [-0.39, 0.29) is 6.10 Å². The summed E-state index contributed by atoms with van der Waals surface area (Å²) in [4.78, 5) is 22.9. The predicted molar refractivity (Wildman–Crippen MR) is 68.1 cm³/mol. The quantitative estimate of drug-likeness (QED) is 0.428. The summed E-state index contributed by atoms with van der Waals surface area (Å²) in [6, 6.07) is 0. The number of carbonyl (C=O) groups excluding carboxylic acids is 2. The molecule has 6 heteroatoms. The van der Waals surface area contributed by atoms with Crippen LogP contribution in [0.3, 0.4) is 0 Å². The highest BCUT2D eigenvalue weighted by Gasteiger charge is 2.18. The van der Waals surface area contributed by atoms with E-state index in [9.17, 15) is 9.59 Å². The SMILES string of the molecule is CCC(CC)=NNC(=O)C(=O)NC[C@H]1CCCO1. The first-order valence-corrected chi connectivity index (χ1v) is 6.42. The Kier molecular flexibility index (Phi) is 6.35. The van der Waals surface area contributed by atoms with Crippen molar-refractivity contribution in [3.8, 4) is 0 Å². The van der Waals surface area contributed by atoms with Gasteiger partial charge in [0.2, 0.25) is 0 Å². The summed E-state index contributed by atoms with van der Waals surface area (Å²) in [6.45, 7) is 5.01. The fraction of sp³-hybridized carbons (Fsp3) is 0.750. The second kappa shape index (κ2) is 7.81. The Morgan fingerprint density at radius 2 is 2.00 bits per heavy atom. The fourth-order valence-corrected chi connectivity index (χ4v) is 1.68. The van der Waals surface area contributed by atoms with Crippen LogP contribution in [0.4, 0.5) is 0 Å². The molecular formula is C12H21N3O3. The molecule has 2 amide bonds. The Hall–Kier alpha value is -1.43. The van der Waals surface area contributed by atoms with Gasteiger partial charge in [0.25, 0.3) is 0 Å². The van der Waals surface area contributed by atoms with E-state index >= 15 is 0 Å². The molecule has 1 rings (SSSR count). The molecule has 0 aromatic rings. The van der Waals surface area contributed by atoms with Crippen LogP contribution in [-0.4, -0.2) is 36.8 Å². The molecule has 1 aliphatic rings. The lowest BCUT2D eigenvalue weighted by atomic mass is 10.2. The highest BCUT2D eigenvalue weighted by molar-refractivity contribution is 6.35. The van der Waals surface area contributed by atoms with Crippen LogP contribution in [0.25, 0.3) is 0 Å². The first-order valence-electron chi connectivity index (χ1n) is 6.42. The van der Waals surface area contributed by atoms with E-state index in [1.54, 1.807) is 0 Å². The van der Waals surface area contributed by atoms with Crippen LogP contribution in [0.1, 0.15) is 39.5 Å². The summed E-state index contributed by atoms with van der Waals surface area (Å²) in [5, 5.41) is 6.43. The molecule has 0 bridgehead atoms. The van der Waals surface area contributed by atoms with E-state index in [1.807, 2.05) is 13.8 Å². The van der Waals surface area contributed by atoms with Crippen LogP contribution in [0.2, 0.25) is 0 Å². The van der Waals surface area contributed by atoms with Crippen molar-refractivity contribution >= 4 is 17.5 Å². The molecular weight excluding hydrogens is 234 g/mol. The van der Waals surface area contributed by atoms with Gasteiger partial charge in [-0.3, -0.25) is 9.59 Å². The monoisotopic (exact) mass is 255 g/mol. The summed E-state index contributed by atoms with van der Waals surface area (Å²) in [5.41, 5.74) is 3.11. The Morgan fingerprint density at radius 1 is 1.28 bits per heavy atom. The lowest BCUT2D eigenvalue weighted by Crippen LogP contribution is -2.41. The van der Waals surface area contributed by atoms with Gasteiger partial charge < -0.3 is 10.1 Å². The van der Waals surface area contributed by atoms with E-state index in [0.717, 1.165) is 38.0 Å². The first-order chi connectivity index (χ1) is 8.67. The van der Waals surface area contributed by atoms with Gasteiger partial charge in [-0.05, 0) is 25.7 Å². The van der Waals surface area contributed by atoms with Crippen LogP contribution >= 0.6 is 0 Å². The molecule has 102 valence electrons. The minimum atomic E-state index is -0.729. The molecule has 0 aromatic heterocycles. The van der Waals surface area contributed by atoms with Crippen LogP contribution in [-0.2, 0) is 14.3 Å². The molecule has 0 saturated carbocycles. The number of nitrogens with zero attached hydrogens (tertiary/aromatic N) is 1. The van der Waals surface area contributed by atoms with Crippen LogP contribution in [0.5, 0.6) is 0 Å². The summed E-state index contributed by atoms with van der Waals surface area (Å²) in [6.07, 6.45) is 3.48. The van der Waals surface area contributed by atoms with E-state index in [1.165, 1.54) is 0 Å². The molecule has 2 N–H and O–H groups in total.